The number of benzene rings is 1. The van der Waals surface area contributed by atoms with Gasteiger partial charge in [0.05, 0.1) is 5.38 Å². The Hall–Kier alpha value is -0.790. The molecule has 0 saturated heterocycles. The molecule has 0 saturated carbocycles. The summed E-state index contributed by atoms with van der Waals surface area (Å²) in [5, 5.41) is -0.0294. The molecule has 1 heterocycles. The molecule has 1 unspecified atom stereocenters. The molecule has 0 amide bonds. The fourth-order valence-electron chi connectivity index (χ4n) is 2.77. The van der Waals surface area contributed by atoms with Gasteiger partial charge in [0.25, 0.3) is 0 Å². The molecule has 2 heteroatoms. The first-order valence-corrected chi connectivity index (χ1v) is 8.43. The molecule has 0 fully saturated rings. The molecule has 0 nitrogen and oxygen atoms in total. The predicted octanol–water partition coefficient (Wildman–Crippen LogP) is 6.18. The van der Waals surface area contributed by atoms with Gasteiger partial charge in [-0.05, 0) is 86.6 Å². The van der Waals surface area contributed by atoms with E-state index in [9.17, 15) is 0 Å². The lowest BCUT2D eigenvalue weighted by atomic mass is 9.88. The first-order valence-electron chi connectivity index (χ1n) is 7.18. The summed E-state index contributed by atoms with van der Waals surface area (Å²) in [6.45, 7) is 13.2. The highest BCUT2D eigenvalue weighted by molar-refractivity contribution is 7.12. The molecule has 1 aromatic carbocycles. The third kappa shape index (κ3) is 2.54. The number of hydrogen-bond acceptors (Lipinski definition) is 1. The minimum atomic E-state index is -0.0294. The minimum Gasteiger partial charge on any atom is -0.143 e. The monoisotopic (exact) mass is 306 g/mol. The van der Waals surface area contributed by atoms with E-state index in [0.29, 0.717) is 0 Å². The Kier molecular flexibility index (Phi) is 4.61. The minimum absolute atomic E-state index is 0.0294. The maximum absolute atomic E-state index is 6.82. The van der Waals surface area contributed by atoms with Crippen molar-refractivity contribution in [3.05, 3.63) is 55.3 Å². The molecule has 0 spiro atoms. The average Bonchev–Trinajstić information content (AvgIpc) is 2.92. The lowest BCUT2D eigenvalue weighted by Crippen LogP contribution is -2.05. The van der Waals surface area contributed by atoms with Gasteiger partial charge in [-0.3, -0.25) is 0 Å². The van der Waals surface area contributed by atoms with Crippen LogP contribution in [0.3, 0.4) is 0 Å². The summed E-state index contributed by atoms with van der Waals surface area (Å²) in [6, 6.07) is 4.39. The molecule has 0 aliphatic rings. The van der Waals surface area contributed by atoms with E-state index in [1.54, 1.807) is 0 Å². The van der Waals surface area contributed by atoms with Gasteiger partial charge in [-0.2, -0.15) is 0 Å². The second-order valence-electron chi connectivity index (χ2n) is 5.56. The second kappa shape index (κ2) is 5.91. The van der Waals surface area contributed by atoms with Gasteiger partial charge in [0, 0.05) is 9.75 Å². The van der Waals surface area contributed by atoms with E-state index in [0.717, 1.165) is 6.42 Å². The number of aryl methyl sites for hydroxylation is 1. The summed E-state index contributed by atoms with van der Waals surface area (Å²) in [7, 11) is 0. The molecular weight excluding hydrogens is 284 g/mol. The normalized spacial score (nSPS) is 12.8. The van der Waals surface area contributed by atoms with Crippen molar-refractivity contribution in [1.82, 2.24) is 0 Å². The second-order valence-corrected chi connectivity index (χ2v) is 7.20. The van der Waals surface area contributed by atoms with Crippen LogP contribution in [-0.4, -0.2) is 0 Å². The van der Waals surface area contributed by atoms with E-state index in [4.69, 9.17) is 11.6 Å². The summed E-state index contributed by atoms with van der Waals surface area (Å²) in [4.78, 5) is 2.67. The van der Waals surface area contributed by atoms with Gasteiger partial charge in [-0.15, -0.1) is 22.9 Å². The van der Waals surface area contributed by atoms with Crippen LogP contribution in [0.1, 0.15) is 55.4 Å². The molecule has 108 valence electrons. The van der Waals surface area contributed by atoms with Gasteiger partial charge in [-0.1, -0.05) is 6.92 Å². The zero-order valence-electron chi connectivity index (χ0n) is 13.2. The lowest BCUT2D eigenvalue weighted by molar-refractivity contribution is 1.05. The Morgan fingerprint density at radius 1 is 0.900 bits per heavy atom. The molecule has 0 N–H and O–H groups in total. The van der Waals surface area contributed by atoms with Crippen molar-refractivity contribution in [3.63, 3.8) is 0 Å². The standard InChI is InChI=1S/C18H23ClS/c1-7-15-8-9-16(20-15)18(19)17-13(5)11(3)10(2)12(4)14(17)6/h8-9,18H,7H2,1-6H3. The van der Waals surface area contributed by atoms with E-state index >= 15 is 0 Å². The van der Waals surface area contributed by atoms with Crippen molar-refractivity contribution in [2.75, 3.05) is 0 Å². The van der Waals surface area contributed by atoms with Crippen LogP contribution in [0.5, 0.6) is 0 Å². The molecule has 0 radical (unpaired) electrons. The number of rotatable bonds is 3. The predicted molar refractivity (Wildman–Crippen MR) is 91.5 cm³/mol. The quantitative estimate of drug-likeness (QED) is 0.594. The highest BCUT2D eigenvalue weighted by Gasteiger charge is 2.21. The van der Waals surface area contributed by atoms with Crippen molar-refractivity contribution < 1.29 is 0 Å². The van der Waals surface area contributed by atoms with Crippen molar-refractivity contribution in [2.45, 2.75) is 53.3 Å². The average molecular weight is 307 g/mol. The van der Waals surface area contributed by atoms with Crippen molar-refractivity contribution in [2.24, 2.45) is 0 Å². The molecular formula is C18H23ClS. The summed E-state index contributed by atoms with van der Waals surface area (Å²) < 4.78 is 0. The molecule has 2 rings (SSSR count). The molecule has 0 aliphatic carbocycles. The Balaban J connectivity index is 2.57. The van der Waals surface area contributed by atoms with Crippen molar-refractivity contribution in [1.29, 1.82) is 0 Å². The van der Waals surface area contributed by atoms with Gasteiger partial charge in [0.15, 0.2) is 0 Å². The molecule has 0 bridgehead atoms. The van der Waals surface area contributed by atoms with E-state index in [1.807, 2.05) is 11.3 Å². The number of halogens is 1. The number of alkyl halides is 1. The Morgan fingerprint density at radius 2 is 1.40 bits per heavy atom. The fourth-order valence-corrected chi connectivity index (χ4v) is 4.25. The third-order valence-corrected chi connectivity index (χ3v) is 6.47. The van der Waals surface area contributed by atoms with Crippen molar-refractivity contribution in [3.8, 4) is 0 Å². The van der Waals surface area contributed by atoms with Crippen LogP contribution in [-0.2, 0) is 6.42 Å². The smallest absolute Gasteiger partial charge is 0.0933 e. The lowest BCUT2D eigenvalue weighted by Gasteiger charge is -2.21. The topological polar surface area (TPSA) is 0 Å². The Morgan fingerprint density at radius 3 is 1.85 bits per heavy atom. The van der Waals surface area contributed by atoms with Gasteiger partial charge < -0.3 is 0 Å². The molecule has 1 aromatic heterocycles. The summed E-state index contributed by atoms with van der Waals surface area (Å²) in [6.07, 6.45) is 1.08. The van der Waals surface area contributed by atoms with Gasteiger partial charge >= 0.3 is 0 Å². The number of thiophene rings is 1. The molecule has 1 atom stereocenters. The Bertz CT molecular complexity index is 608. The Labute approximate surface area is 131 Å². The first-order chi connectivity index (χ1) is 9.38. The molecule has 20 heavy (non-hydrogen) atoms. The van der Waals surface area contributed by atoms with E-state index in [-0.39, 0.29) is 5.38 Å². The maximum Gasteiger partial charge on any atom is 0.0933 e. The van der Waals surface area contributed by atoms with Crippen LogP contribution in [0.4, 0.5) is 0 Å². The third-order valence-electron chi connectivity index (χ3n) is 4.59. The number of hydrogen-bond donors (Lipinski definition) is 0. The zero-order valence-corrected chi connectivity index (χ0v) is 14.8. The van der Waals surface area contributed by atoms with E-state index in [2.05, 4.69) is 53.7 Å². The highest BCUT2D eigenvalue weighted by atomic mass is 35.5. The SMILES string of the molecule is CCc1ccc(C(Cl)c2c(C)c(C)c(C)c(C)c2C)s1. The largest absolute Gasteiger partial charge is 0.143 e. The zero-order chi connectivity index (χ0) is 15.0. The van der Waals surface area contributed by atoms with Crippen LogP contribution in [0.15, 0.2) is 12.1 Å². The summed E-state index contributed by atoms with van der Waals surface area (Å²) in [5.41, 5.74) is 8.14. The van der Waals surface area contributed by atoms with E-state index in [1.165, 1.54) is 43.1 Å². The van der Waals surface area contributed by atoms with Crippen LogP contribution in [0.25, 0.3) is 0 Å². The van der Waals surface area contributed by atoms with Crippen LogP contribution < -0.4 is 0 Å². The summed E-state index contributed by atoms with van der Waals surface area (Å²) >= 11 is 8.66. The maximum atomic E-state index is 6.82. The fraction of sp³-hybridized carbons (Fsp3) is 0.444. The summed E-state index contributed by atoms with van der Waals surface area (Å²) in [5.74, 6) is 0. The van der Waals surface area contributed by atoms with Crippen molar-refractivity contribution >= 4 is 22.9 Å². The molecule has 2 aromatic rings. The van der Waals surface area contributed by atoms with Gasteiger partial charge in [0.1, 0.15) is 0 Å². The molecule has 0 aliphatic heterocycles. The van der Waals surface area contributed by atoms with Gasteiger partial charge in [0.2, 0.25) is 0 Å². The van der Waals surface area contributed by atoms with Crippen LogP contribution >= 0.6 is 22.9 Å². The first kappa shape index (κ1) is 15.6. The highest BCUT2D eigenvalue weighted by Crippen LogP contribution is 2.39. The van der Waals surface area contributed by atoms with E-state index < -0.39 is 0 Å². The van der Waals surface area contributed by atoms with Crippen LogP contribution in [0.2, 0.25) is 0 Å². The van der Waals surface area contributed by atoms with Crippen LogP contribution in [0, 0.1) is 34.6 Å². The van der Waals surface area contributed by atoms with Gasteiger partial charge in [-0.25, -0.2) is 0 Å².